The summed E-state index contributed by atoms with van der Waals surface area (Å²) >= 11 is 0. The Kier molecular flexibility index (Phi) is 4.51. The zero-order valence-corrected chi connectivity index (χ0v) is 12.6. The molecule has 1 aliphatic heterocycles. The van der Waals surface area contributed by atoms with Crippen molar-refractivity contribution >= 4 is 5.82 Å². The molecule has 114 valence electrons. The Morgan fingerprint density at radius 1 is 1.43 bits per heavy atom. The fourth-order valence-electron chi connectivity index (χ4n) is 3.33. The van der Waals surface area contributed by atoms with E-state index in [9.17, 15) is 0 Å². The summed E-state index contributed by atoms with van der Waals surface area (Å²) < 4.78 is 11.6. The fraction of sp³-hybridized carbons (Fsp3) is 0.625. The number of rotatable bonds is 5. The molecule has 0 N–H and O–H groups in total. The second-order valence-electron chi connectivity index (χ2n) is 5.87. The molecule has 1 saturated heterocycles. The van der Waals surface area contributed by atoms with Gasteiger partial charge in [-0.1, -0.05) is 6.08 Å². The summed E-state index contributed by atoms with van der Waals surface area (Å²) in [6, 6.07) is 4.48. The van der Waals surface area contributed by atoms with Gasteiger partial charge in [0.15, 0.2) is 5.82 Å². The Morgan fingerprint density at radius 2 is 2.33 bits per heavy atom. The first-order chi connectivity index (χ1) is 10.3. The quantitative estimate of drug-likeness (QED) is 0.612. The summed E-state index contributed by atoms with van der Waals surface area (Å²) in [5, 5.41) is 8.52. The first kappa shape index (κ1) is 14.5. The molecule has 3 unspecified atom stereocenters. The van der Waals surface area contributed by atoms with Crippen molar-refractivity contribution in [2.45, 2.75) is 31.9 Å². The van der Waals surface area contributed by atoms with E-state index in [0.29, 0.717) is 24.7 Å². The number of aromatic nitrogens is 2. The van der Waals surface area contributed by atoms with E-state index in [2.05, 4.69) is 27.7 Å². The minimum absolute atomic E-state index is 0.291. The van der Waals surface area contributed by atoms with Crippen LogP contribution in [0.3, 0.4) is 0 Å². The molecule has 3 rings (SSSR count). The average molecular weight is 289 g/mol. The zero-order valence-electron chi connectivity index (χ0n) is 12.6. The number of hydrogen-bond acceptors (Lipinski definition) is 5. The third kappa shape index (κ3) is 3.24. The van der Waals surface area contributed by atoms with Gasteiger partial charge < -0.3 is 14.4 Å². The van der Waals surface area contributed by atoms with Crippen LogP contribution in [0.4, 0.5) is 5.82 Å². The van der Waals surface area contributed by atoms with Crippen LogP contribution in [-0.2, 0) is 9.47 Å². The van der Waals surface area contributed by atoms with Crippen molar-refractivity contribution in [2.75, 3.05) is 31.3 Å². The zero-order chi connectivity index (χ0) is 14.7. The van der Waals surface area contributed by atoms with Gasteiger partial charge in [-0.05, 0) is 37.8 Å². The Labute approximate surface area is 126 Å². The molecule has 0 spiro atoms. The van der Waals surface area contributed by atoms with E-state index in [1.165, 1.54) is 0 Å². The predicted octanol–water partition coefficient (Wildman–Crippen LogP) is 1.97. The number of nitrogens with zero attached hydrogens (tertiary/aromatic N) is 3. The van der Waals surface area contributed by atoms with Gasteiger partial charge in [-0.3, -0.25) is 0 Å². The highest BCUT2D eigenvalue weighted by molar-refractivity contribution is 5.40. The fourth-order valence-corrected chi connectivity index (χ4v) is 3.33. The lowest BCUT2D eigenvalue weighted by Gasteiger charge is -2.38. The maximum atomic E-state index is 5.95. The lowest BCUT2D eigenvalue weighted by Crippen LogP contribution is -2.49. The standard InChI is InChI=1S/C16H23N3O2/c1-3-7-20-11-13-9-14-15(10-13)21-8-6-19(14)16-5-4-12(2)17-18-16/h3-5,13-15H,1,6-11H2,2H3. The third-order valence-corrected chi connectivity index (χ3v) is 4.30. The van der Waals surface area contributed by atoms with E-state index in [0.717, 1.165) is 44.1 Å². The molecule has 1 aromatic heterocycles. The summed E-state index contributed by atoms with van der Waals surface area (Å²) in [5.74, 6) is 1.52. The first-order valence-electron chi connectivity index (χ1n) is 7.65. The predicted molar refractivity (Wildman–Crippen MR) is 81.4 cm³/mol. The van der Waals surface area contributed by atoms with Crippen LogP contribution in [0.15, 0.2) is 24.8 Å². The number of ether oxygens (including phenoxy) is 2. The van der Waals surface area contributed by atoms with Crippen LogP contribution >= 0.6 is 0 Å². The van der Waals surface area contributed by atoms with Crippen molar-refractivity contribution in [1.29, 1.82) is 0 Å². The highest BCUT2D eigenvalue weighted by Gasteiger charge is 2.41. The summed E-state index contributed by atoms with van der Waals surface area (Å²) in [6.07, 6.45) is 4.25. The summed E-state index contributed by atoms with van der Waals surface area (Å²) in [5.41, 5.74) is 0.950. The first-order valence-corrected chi connectivity index (χ1v) is 7.65. The molecule has 2 fully saturated rings. The van der Waals surface area contributed by atoms with E-state index >= 15 is 0 Å². The largest absolute Gasteiger partial charge is 0.377 e. The summed E-state index contributed by atoms with van der Waals surface area (Å²) in [4.78, 5) is 2.36. The van der Waals surface area contributed by atoms with Crippen LogP contribution in [0, 0.1) is 12.8 Å². The molecular weight excluding hydrogens is 266 g/mol. The van der Waals surface area contributed by atoms with Gasteiger partial charge in [0.05, 0.1) is 31.1 Å². The average Bonchev–Trinajstić information content (AvgIpc) is 2.91. The van der Waals surface area contributed by atoms with Gasteiger partial charge in [-0.25, -0.2) is 0 Å². The number of hydrogen-bond donors (Lipinski definition) is 0. The SMILES string of the molecule is C=CCOCC1CC2OCCN(c3ccc(C)nn3)C2C1. The minimum Gasteiger partial charge on any atom is -0.377 e. The van der Waals surface area contributed by atoms with E-state index in [4.69, 9.17) is 9.47 Å². The second kappa shape index (κ2) is 6.54. The van der Waals surface area contributed by atoms with Crippen LogP contribution in [0.1, 0.15) is 18.5 Å². The molecule has 1 aliphatic carbocycles. The van der Waals surface area contributed by atoms with Crippen molar-refractivity contribution in [1.82, 2.24) is 10.2 Å². The minimum atomic E-state index is 0.291. The molecule has 2 aliphatic rings. The molecule has 0 radical (unpaired) electrons. The number of anilines is 1. The third-order valence-electron chi connectivity index (χ3n) is 4.30. The molecule has 21 heavy (non-hydrogen) atoms. The van der Waals surface area contributed by atoms with Crippen molar-refractivity contribution in [3.8, 4) is 0 Å². The molecule has 0 amide bonds. The molecule has 1 saturated carbocycles. The number of aryl methyl sites for hydroxylation is 1. The molecular formula is C16H23N3O2. The van der Waals surface area contributed by atoms with Crippen molar-refractivity contribution in [2.24, 2.45) is 5.92 Å². The highest BCUT2D eigenvalue weighted by atomic mass is 16.5. The van der Waals surface area contributed by atoms with Gasteiger partial charge in [0.1, 0.15) is 0 Å². The van der Waals surface area contributed by atoms with E-state index in [1.54, 1.807) is 6.08 Å². The summed E-state index contributed by atoms with van der Waals surface area (Å²) in [7, 11) is 0. The lowest BCUT2D eigenvalue weighted by atomic mass is 10.1. The Morgan fingerprint density at radius 3 is 3.10 bits per heavy atom. The Balaban J connectivity index is 1.66. The number of morpholine rings is 1. The van der Waals surface area contributed by atoms with Gasteiger partial charge in [-0.2, -0.15) is 5.10 Å². The van der Waals surface area contributed by atoms with E-state index in [1.807, 2.05) is 13.0 Å². The lowest BCUT2D eigenvalue weighted by molar-refractivity contribution is 0.0215. The van der Waals surface area contributed by atoms with Crippen LogP contribution in [0.2, 0.25) is 0 Å². The monoisotopic (exact) mass is 289 g/mol. The van der Waals surface area contributed by atoms with Gasteiger partial charge in [0.2, 0.25) is 0 Å². The van der Waals surface area contributed by atoms with E-state index in [-0.39, 0.29) is 0 Å². The molecule has 5 heteroatoms. The van der Waals surface area contributed by atoms with Crippen molar-refractivity contribution in [3.63, 3.8) is 0 Å². The molecule has 1 aromatic rings. The molecule has 0 bridgehead atoms. The molecule has 3 atom stereocenters. The van der Waals surface area contributed by atoms with Crippen molar-refractivity contribution < 1.29 is 9.47 Å². The summed E-state index contributed by atoms with van der Waals surface area (Å²) in [6.45, 7) is 8.70. The molecule has 2 heterocycles. The smallest absolute Gasteiger partial charge is 0.151 e. The van der Waals surface area contributed by atoms with E-state index < -0.39 is 0 Å². The molecule has 0 aromatic carbocycles. The van der Waals surface area contributed by atoms with Crippen molar-refractivity contribution in [3.05, 3.63) is 30.5 Å². The topological polar surface area (TPSA) is 47.5 Å². The normalized spacial score (nSPS) is 28.4. The number of fused-ring (bicyclic) bond motifs is 1. The van der Waals surface area contributed by atoms with Crippen LogP contribution in [0.25, 0.3) is 0 Å². The van der Waals surface area contributed by atoms with Crippen LogP contribution < -0.4 is 4.90 Å². The maximum Gasteiger partial charge on any atom is 0.151 e. The van der Waals surface area contributed by atoms with Gasteiger partial charge in [0, 0.05) is 13.2 Å². The molecule has 5 nitrogen and oxygen atoms in total. The Hall–Kier alpha value is -1.46. The second-order valence-corrected chi connectivity index (χ2v) is 5.87. The highest BCUT2D eigenvalue weighted by Crippen LogP contribution is 2.36. The Bertz CT molecular complexity index is 477. The van der Waals surface area contributed by atoms with Gasteiger partial charge in [0.25, 0.3) is 0 Å². The van der Waals surface area contributed by atoms with Gasteiger partial charge in [-0.15, -0.1) is 11.7 Å². The van der Waals surface area contributed by atoms with Crippen LogP contribution in [0.5, 0.6) is 0 Å². The van der Waals surface area contributed by atoms with Gasteiger partial charge >= 0.3 is 0 Å². The van der Waals surface area contributed by atoms with Crippen LogP contribution in [-0.4, -0.2) is 48.7 Å². The maximum absolute atomic E-state index is 5.95.